The summed E-state index contributed by atoms with van der Waals surface area (Å²) in [7, 11) is 1.49. The summed E-state index contributed by atoms with van der Waals surface area (Å²) >= 11 is 12.3. The normalized spacial score (nSPS) is 22.0. The van der Waals surface area contributed by atoms with Crippen molar-refractivity contribution >= 4 is 52.7 Å². The zero-order chi connectivity index (χ0) is 30.4. The second-order valence-corrected chi connectivity index (χ2v) is 11.8. The van der Waals surface area contributed by atoms with Crippen molar-refractivity contribution in [2.45, 2.75) is 19.3 Å². The van der Waals surface area contributed by atoms with Gasteiger partial charge < -0.3 is 9.47 Å². The van der Waals surface area contributed by atoms with Crippen LogP contribution in [0.3, 0.4) is 0 Å². The highest BCUT2D eigenvalue weighted by molar-refractivity contribution is 6.36. The van der Waals surface area contributed by atoms with Gasteiger partial charge in [-0.3, -0.25) is 19.2 Å². The third kappa shape index (κ3) is 5.28. The number of imide groups is 1. The molecule has 11 heteroatoms. The summed E-state index contributed by atoms with van der Waals surface area (Å²) in [4.78, 5) is 67.1. The van der Waals surface area contributed by atoms with Gasteiger partial charge in [-0.15, -0.1) is 0 Å². The lowest BCUT2D eigenvalue weighted by Crippen LogP contribution is -2.52. The Kier molecular flexibility index (Phi) is 7.70. The van der Waals surface area contributed by atoms with E-state index in [0.717, 1.165) is 29.3 Å². The first kappa shape index (κ1) is 28.9. The van der Waals surface area contributed by atoms with Crippen LogP contribution in [-0.4, -0.2) is 53.1 Å². The Labute approximate surface area is 257 Å². The molecule has 0 N–H and O–H groups in total. The van der Waals surface area contributed by atoms with Crippen LogP contribution >= 0.6 is 23.2 Å². The van der Waals surface area contributed by atoms with Crippen molar-refractivity contribution < 1.29 is 33.4 Å². The first-order valence-corrected chi connectivity index (χ1v) is 14.6. The van der Waals surface area contributed by atoms with Crippen LogP contribution in [0.25, 0.3) is 0 Å². The molecule has 0 spiro atoms. The van der Waals surface area contributed by atoms with Crippen molar-refractivity contribution in [3.63, 3.8) is 0 Å². The number of methoxy groups -OCH3 is 1. The summed E-state index contributed by atoms with van der Waals surface area (Å²) in [6, 6.07) is 16.5. The fourth-order valence-electron chi connectivity index (χ4n) is 6.52. The van der Waals surface area contributed by atoms with Crippen molar-refractivity contribution in [3.05, 3.63) is 93.5 Å². The van der Waals surface area contributed by atoms with Gasteiger partial charge in [0.2, 0.25) is 0 Å². The zero-order valence-corrected chi connectivity index (χ0v) is 24.5. The Hall–Kier alpha value is -4.21. The van der Waals surface area contributed by atoms with E-state index in [1.54, 1.807) is 24.3 Å². The number of carbonyl (C=O) groups is 5. The Morgan fingerprint density at radius 2 is 1.53 bits per heavy atom. The Morgan fingerprint density at radius 3 is 2.16 bits per heavy atom. The number of benzene rings is 3. The van der Waals surface area contributed by atoms with Crippen LogP contribution in [0.1, 0.15) is 50.3 Å². The number of rotatable bonds is 8. The molecule has 3 amide bonds. The van der Waals surface area contributed by atoms with Crippen molar-refractivity contribution in [3.8, 4) is 11.5 Å². The molecule has 2 saturated carbocycles. The van der Waals surface area contributed by atoms with E-state index >= 15 is 0 Å². The number of hydrogen-bond acceptors (Lipinski definition) is 7. The van der Waals surface area contributed by atoms with Gasteiger partial charge in [-0.1, -0.05) is 29.3 Å². The summed E-state index contributed by atoms with van der Waals surface area (Å²) in [6.45, 7) is -0.590. The molecule has 4 atom stereocenters. The average Bonchev–Trinajstić information content (AvgIpc) is 3.69. The first-order valence-electron chi connectivity index (χ1n) is 13.8. The fraction of sp³-hybridized carbons (Fsp3) is 0.281. The van der Waals surface area contributed by atoms with Crippen LogP contribution in [0.15, 0.2) is 66.7 Å². The van der Waals surface area contributed by atoms with E-state index in [9.17, 15) is 24.0 Å². The molecule has 3 fully saturated rings. The molecule has 9 nitrogen and oxygen atoms in total. The maximum absolute atomic E-state index is 13.8. The summed E-state index contributed by atoms with van der Waals surface area (Å²) in [5.74, 6) is -2.95. The number of nitrogens with zero attached hydrogens (tertiary/aromatic N) is 2. The maximum atomic E-state index is 13.8. The van der Waals surface area contributed by atoms with Crippen LogP contribution in [0.2, 0.25) is 10.0 Å². The van der Waals surface area contributed by atoms with E-state index in [1.165, 1.54) is 49.6 Å². The second-order valence-electron chi connectivity index (χ2n) is 10.9. The highest BCUT2D eigenvalue weighted by Crippen LogP contribution is 2.56. The molecule has 1 saturated heterocycles. The van der Waals surface area contributed by atoms with Crippen LogP contribution in [0, 0.1) is 23.7 Å². The Bertz CT molecular complexity index is 1630. The van der Waals surface area contributed by atoms with Crippen molar-refractivity contribution in [1.29, 1.82) is 0 Å². The van der Waals surface area contributed by atoms with Gasteiger partial charge in [-0.25, -0.2) is 9.80 Å². The summed E-state index contributed by atoms with van der Waals surface area (Å²) in [5, 5.41) is 2.08. The fourth-order valence-corrected chi connectivity index (χ4v) is 7.01. The molecule has 3 aromatic carbocycles. The molecule has 0 aromatic heterocycles. The minimum Gasteiger partial charge on any atom is -0.497 e. The number of ketones is 1. The molecule has 43 heavy (non-hydrogen) atoms. The molecule has 0 unspecified atom stereocenters. The molecule has 220 valence electrons. The van der Waals surface area contributed by atoms with E-state index in [1.807, 2.05) is 0 Å². The quantitative estimate of drug-likeness (QED) is 0.142. The monoisotopic (exact) mass is 620 g/mol. The lowest BCUT2D eigenvalue weighted by atomic mass is 9.81. The topological polar surface area (TPSA) is 110 Å². The molecule has 2 aliphatic carbocycles. The van der Waals surface area contributed by atoms with Crippen LogP contribution in [-0.2, 0) is 9.59 Å². The predicted octanol–water partition coefficient (Wildman–Crippen LogP) is 5.49. The molecular weight excluding hydrogens is 595 g/mol. The molecule has 3 aromatic rings. The van der Waals surface area contributed by atoms with E-state index in [2.05, 4.69) is 0 Å². The van der Waals surface area contributed by atoms with E-state index in [0.29, 0.717) is 10.8 Å². The minimum atomic E-state index is -0.770. The summed E-state index contributed by atoms with van der Waals surface area (Å²) < 4.78 is 10.6. The first-order chi connectivity index (χ1) is 20.7. The van der Waals surface area contributed by atoms with Gasteiger partial charge in [-0.2, -0.15) is 5.01 Å². The number of fused-ring (bicyclic) bond motifs is 5. The highest BCUT2D eigenvalue weighted by atomic mass is 35.5. The lowest BCUT2D eigenvalue weighted by molar-refractivity contribution is -0.155. The lowest BCUT2D eigenvalue weighted by Gasteiger charge is -2.31. The Balaban J connectivity index is 1.24. The van der Waals surface area contributed by atoms with Gasteiger partial charge in [-0.05, 0) is 91.8 Å². The van der Waals surface area contributed by atoms with E-state index in [-0.39, 0.29) is 39.3 Å². The third-order valence-corrected chi connectivity index (χ3v) is 9.08. The van der Waals surface area contributed by atoms with Crippen molar-refractivity contribution in [2.24, 2.45) is 23.7 Å². The molecule has 3 aliphatic rings. The zero-order valence-electron chi connectivity index (χ0n) is 23.0. The van der Waals surface area contributed by atoms with Gasteiger partial charge >= 0.3 is 5.97 Å². The standard InChI is InChI=1S/C32H26Cl2N2O7/c1-42-23-4-2-3-20(14-23)32(41)43-22-10-7-17(8-11-22)26(37)16-35(29(38)24-12-9-21(33)15-25(24)34)36-30(39)27-18-5-6-19(13-18)28(27)31(36)40/h2-4,7-12,14-15,18-19,27-28H,5-6,13,16H2,1H3/t18-,19-,27-,28+/m0/s1. The van der Waals surface area contributed by atoms with Gasteiger partial charge in [0.05, 0.1) is 35.1 Å². The number of carbonyl (C=O) groups excluding carboxylic acids is 5. The van der Waals surface area contributed by atoms with Gasteiger partial charge in [0.1, 0.15) is 18.0 Å². The highest BCUT2D eigenvalue weighted by Gasteiger charge is 2.62. The second kappa shape index (κ2) is 11.5. The Morgan fingerprint density at radius 1 is 0.860 bits per heavy atom. The predicted molar refractivity (Wildman–Crippen MR) is 156 cm³/mol. The van der Waals surface area contributed by atoms with E-state index < -0.39 is 47.9 Å². The molecular formula is C32H26Cl2N2O7. The van der Waals surface area contributed by atoms with Gasteiger partial charge in [0.25, 0.3) is 17.7 Å². The minimum absolute atomic E-state index is 0.000647. The summed E-state index contributed by atoms with van der Waals surface area (Å²) in [5.41, 5.74) is 0.465. The molecule has 0 radical (unpaired) electrons. The molecule has 6 rings (SSSR count). The number of hydrazine groups is 1. The number of Topliss-reactive ketones (excluding diaryl/α,β-unsaturated/α-hetero) is 1. The average molecular weight is 621 g/mol. The number of amides is 3. The number of halogens is 2. The van der Waals surface area contributed by atoms with Crippen LogP contribution in [0.5, 0.6) is 11.5 Å². The third-order valence-electron chi connectivity index (χ3n) is 8.53. The molecule has 2 bridgehead atoms. The summed E-state index contributed by atoms with van der Waals surface area (Å²) in [6.07, 6.45) is 2.55. The number of esters is 1. The largest absolute Gasteiger partial charge is 0.497 e. The molecule has 1 aliphatic heterocycles. The van der Waals surface area contributed by atoms with Crippen molar-refractivity contribution in [1.82, 2.24) is 10.0 Å². The van der Waals surface area contributed by atoms with Crippen LogP contribution in [0.4, 0.5) is 0 Å². The molecule has 1 heterocycles. The maximum Gasteiger partial charge on any atom is 0.343 e. The smallest absolute Gasteiger partial charge is 0.343 e. The van der Waals surface area contributed by atoms with Gasteiger partial charge in [0, 0.05) is 10.6 Å². The van der Waals surface area contributed by atoms with E-state index in [4.69, 9.17) is 32.7 Å². The number of hydrogen-bond donors (Lipinski definition) is 0. The number of ether oxygens (including phenoxy) is 2. The van der Waals surface area contributed by atoms with Crippen molar-refractivity contribution in [2.75, 3.05) is 13.7 Å². The van der Waals surface area contributed by atoms with Gasteiger partial charge in [0.15, 0.2) is 5.78 Å². The van der Waals surface area contributed by atoms with Crippen LogP contribution < -0.4 is 9.47 Å². The SMILES string of the molecule is COc1cccc(C(=O)Oc2ccc(C(=O)CN(C(=O)c3ccc(Cl)cc3Cl)N3C(=O)[C@@H]4[C@H]5CC[C@@H](C5)[C@@H]4C3=O)cc2)c1.